The van der Waals surface area contributed by atoms with Crippen LogP contribution in [0.15, 0.2) is 18.3 Å². The SMILES string of the molecule is CCC(=O)c1ccc(N(CCOC)CC(C)C)cn1. The van der Waals surface area contributed by atoms with Gasteiger partial charge in [0.25, 0.3) is 0 Å². The first-order valence-electron chi connectivity index (χ1n) is 6.81. The summed E-state index contributed by atoms with van der Waals surface area (Å²) in [5.74, 6) is 0.646. The molecule has 0 amide bonds. The molecule has 0 unspecified atom stereocenters. The number of Topliss-reactive ketones (excluding diaryl/α,β-unsaturated/α-hetero) is 1. The molecule has 1 aromatic heterocycles. The molecule has 0 bridgehead atoms. The van der Waals surface area contributed by atoms with Crippen molar-refractivity contribution in [1.82, 2.24) is 4.98 Å². The molecule has 0 aliphatic carbocycles. The number of hydrogen-bond donors (Lipinski definition) is 0. The van der Waals surface area contributed by atoms with Gasteiger partial charge in [-0.25, -0.2) is 0 Å². The summed E-state index contributed by atoms with van der Waals surface area (Å²) in [7, 11) is 1.70. The van der Waals surface area contributed by atoms with Crippen LogP contribution in [0.2, 0.25) is 0 Å². The predicted molar refractivity (Wildman–Crippen MR) is 77.8 cm³/mol. The minimum absolute atomic E-state index is 0.0823. The second-order valence-corrected chi connectivity index (χ2v) is 5.01. The van der Waals surface area contributed by atoms with E-state index in [1.54, 1.807) is 19.4 Å². The van der Waals surface area contributed by atoms with Crippen LogP contribution in [-0.2, 0) is 4.74 Å². The molecule has 106 valence electrons. The zero-order valence-electron chi connectivity index (χ0n) is 12.3. The number of rotatable bonds is 8. The number of methoxy groups -OCH3 is 1. The molecule has 0 N–H and O–H groups in total. The van der Waals surface area contributed by atoms with Gasteiger partial charge in [-0.1, -0.05) is 20.8 Å². The van der Waals surface area contributed by atoms with E-state index in [9.17, 15) is 4.79 Å². The van der Waals surface area contributed by atoms with Gasteiger partial charge in [0.1, 0.15) is 5.69 Å². The largest absolute Gasteiger partial charge is 0.383 e. The highest BCUT2D eigenvalue weighted by Crippen LogP contribution is 2.15. The van der Waals surface area contributed by atoms with Crippen molar-refractivity contribution in [2.45, 2.75) is 27.2 Å². The van der Waals surface area contributed by atoms with Gasteiger partial charge in [-0.05, 0) is 18.1 Å². The van der Waals surface area contributed by atoms with Crippen molar-refractivity contribution in [2.75, 3.05) is 31.7 Å². The van der Waals surface area contributed by atoms with Crippen LogP contribution in [0.4, 0.5) is 5.69 Å². The molecule has 4 nitrogen and oxygen atoms in total. The number of hydrogen-bond acceptors (Lipinski definition) is 4. The lowest BCUT2D eigenvalue weighted by Gasteiger charge is -2.26. The Morgan fingerprint density at radius 1 is 1.42 bits per heavy atom. The molecule has 0 atom stereocenters. The zero-order chi connectivity index (χ0) is 14.3. The van der Waals surface area contributed by atoms with Crippen molar-refractivity contribution < 1.29 is 9.53 Å². The number of nitrogens with zero attached hydrogens (tertiary/aromatic N) is 2. The van der Waals surface area contributed by atoms with Crippen molar-refractivity contribution in [3.63, 3.8) is 0 Å². The van der Waals surface area contributed by atoms with Crippen LogP contribution in [0.25, 0.3) is 0 Å². The Morgan fingerprint density at radius 2 is 2.16 bits per heavy atom. The van der Waals surface area contributed by atoms with Gasteiger partial charge in [-0.3, -0.25) is 9.78 Å². The zero-order valence-corrected chi connectivity index (χ0v) is 12.3. The molecule has 0 spiro atoms. The summed E-state index contributed by atoms with van der Waals surface area (Å²) in [4.78, 5) is 18.0. The van der Waals surface area contributed by atoms with Crippen LogP contribution in [0, 0.1) is 5.92 Å². The molecule has 0 radical (unpaired) electrons. The van der Waals surface area contributed by atoms with Crippen LogP contribution >= 0.6 is 0 Å². The number of ketones is 1. The number of carbonyl (C=O) groups excluding carboxylic acids is 1. The van der Waals surface area contributed by atoms with Gasteiger partial charge in [0.15, 0.2) is 5.78 Å². The lowest BCUT2D eigenvalue weighted by atomic mass is 10.1. The van der Waals surface area contributed by atoms with Crippen LogP contribution < -0.4 is 4.90 Å². The summed E-state index contributed by atoms with van der Waals surface area (Å²) in [5.41, 5.74) is 1.58. The topological polar surface area (TPSA) is 42.4 Å². The minimum Gasteiger partial charge on any atom is -0.383 e. The van der Waals surface area contributed by atoms with E-state index in [1.807, 2.05) is 13.0 Å². The molecule has 0 saturated heterocycles. The van der Waals surface area contributed by atoms with E-state index in [0.717, 1.165) is 18.8 Å². The first kappa shape index (κ1) is 15.6. The van der Waals surface area contributed by atoms with E-state index in [-0.39, 0.29) is 5.78 Å². The highest BCUT2D eigenvalue weighted by atomic mass is 16.5. The molecule has 0 fully saturated rings. The van der Waals surface area contributed by atoms with Crippen molar-refractivity contribution in [1.29, 1.82) is 0 Å². The standard InChI is InChI=1S/C15H24N2O2/c1-5-15(18)14-7-6-13(10-16-14)17(8-9-19-4)11-12(2)3/h6-7,10,12H,5,8-9,11H2,1-4H3. The molecule has 0 aliphatic rings. The summed E-state index contributed by atoms with van der Waals surface area (Å²) >= 11 is 0. The van der Waals surface area contributed by atoms with E-state index in [1.165, 1.54) is 0 Å². The van der Waals surface area contributed by atoms with Crippen molar-refractivity contribution in [3.8, 4) is 0 Å². The normalized spacial score (nSPS) is 10.8. The third-order valence-electron chi connectivity index (χ3n) is 2.87. The lowest BCUT2D eigenvalue weighted by Crippen LogP contribution is -2.31. The molecule has 0 aromatic carbocycles. The number of aromatic nitrogens is 1. The first-order valence-corrected chi connectivity index (χ1v) is 6.81. The maximum absolute atomic E-state index is 11.5. The Hall–Kier alpha value is -1.42. The van der Waals surface area contributed by atoms with E-state index in [0.29, 0.717) is 24.6 Å². The van der Waals surface area contributed by atoms with Gasteiger partial charge in [0.05, 0.1) is 18.5 Å². The fraction of sp³-hybridized carbons (Fsp3) is 0.600. The second-order valence-electron chi connectivity index (χ2n) is 5.01. The summed E-state index contributed by atoms with van der Waals surface area (Å²) in [6, 6.07) is 3.77. The fourth-order valence-electron chi connectivity index (χ4n) is 1.89. The van der Waals surface area contributed by atoms with Gasteiger partial charge in [-0.15, -0.1) is 0 Å². The maximum atomic E-state index is 11.5. The molecule has 1 rings (SSSR count). The van der Waals surface area contributed by atoms with Gasteiger partial charge >= 0.3 is 0 Å². The monoisotopic (exact) mass is 264 g/mol. The van der Waals surface area contributed by atoms with Crippen molar-refractivity contribution >= 4 is 11.5 Å². The number of pyridine rings is 1. The summed E-state index contributed by atoms with van der Waals surface area (Å²) in [5, 5.41) is 0. The van der Waals surface area contributed by atoms with Gasteiger partial charge in [0.2, 0.25) is 0 Å². The van der Waals surface area contributed by atoms with Gasteiger partial charge in [0, 0.05) is 26.6 Å². The number of ether oxygens (including phenoxy) is 1. The Bertz CT molecular complexity index is 388. The van der Waals surface area contributed by atoms with Gasteiger partial charge in [-0.2, -0.15) is 0 Å². The summed E-state index contributed by atoms with van der Waals surface area (Å²) in [6.07, 6.45) is 2.27. The van der Waals surface area contributed by atoms with Crippen LogP contribution in [0.3, 0.4) is 0 Å². The predicted octanol–water partition coefficient (Wildman–Crippen LogP) is 2.78. The summed E-state index contributed by atoms with van der Waals surface area (Å²) < 4.78 is 5.14. The third-order valence-corrected chi connectivity index (χ3v) is 2.87. The van der Waals surface area contributed by atoms with E-state index >= 15 is 0 Å². The van der Waals surface area contributed by atoms with Crippen molar-refractivity contribution in [3.05, 3.63) is 24.0 Å². The quantitative estimate of drug-likeness (QED) is 0.677. The van der Waals surface area contributed by atoms with Crippen LogP contribution in [-0.4, -0.2) is 37.6 Å². The van der Waals surface area contributed by atoms with Crippen LogP contribution in [0.5, 0.6) is 0 Å². The smallest absolute Gasteiger partial charge is 0.180 e. The maximum Gasteiger partial charge on any atom is 0.180 e. The Labute approximate surface area is 115 Å². The Morgan fingerprint density at radius 3 is 2.63 bits per heavy atom. The highest BCUT2D eigenvalue weighted by Gasteiger charge is 2.10. The van der Waals surface area contributed by atoms with E-state index < -0.39 is 0 Å². The van der Waals surface area contributed by atoms with Crippen molar-refractivity contribution in [2.24, 2.45) is 5.92 Å². The number of anilines is 1. The average molecular weight is 264 g/mol. The van der Waals surface area contributed by atoms with Crippen LogP contribution in [0.1, 0.15) is 37.7 Å². The Kier molecular flexibility index (Phi) is 6.50. The van der Waals surface area contributed by atoms with Gasteiger partial charge < -0.3 is 9.64 Å². The molecule has 1 heterocycles. The minimum atomic E-state index is 0.0823. The first-order chi connectivity index (χ1) is 9.08. The Balaban J connectivity index is 2.80. The lowest BCUT2D eigenvalue weighted by molar-refractivity contribution is 0.0983. The molecular formula is C15H24N2O2. The molecular weight excluding hydrogens is 240 g/mol. The number of carbonyl (C=O) groups is 1. The molecule has 0 saturated carbocycles. The van der Waals surface area contributed by atoms with E-state index in [2.05, 4.69) is 23.7 Å². The third kappa shape index (κ3) is 4.99. The highest BCUT2D eigenvalue weighted by molar-refractivity contribution is 5.94. The molecule has 19 heavy (non-hydrogen) atoms. The molecule has 4 heteroatoms. The second kappa shape index (κ2) is 7.89. The molecule has 0 aliphatic heterocycles. The fourth-order valence-corrected chi connectivity index (χ4v) is 1.89. The average Bonchev–Trinajstić information content (AvgIpc) is 2.42. The molecule has 1 aromatic rings. The van der Waals surface area contributed by atoms with E-state index in [4.69, 9.17) is 4.74 Å². The summed E-state index contributed by atoms with van der Waals surface area (Å²) in [6.45, 7) is 8.68.